The lowest BCUT2D eigenvalue weighted by Gasteiger charge is -2.14. The van der Waals surface area contributed by atoms with E-state index in [1.54, 1.807) is 48.5 Å². The minimum Gasteiger partial charge on any atom is -0.493 e. The van der Waals surface area contributed by atoms with Crippen molar-refractivity contribution >= 4 is 50.7 Å². The van der Waals surface area contributed by atoms with Crippen molar-refractivity contribution in [3.63, 3.8) is 0 Å². The Morgan fingerprint density at radius 2 is 1.71 bits per heavy atom. The van der Waals surface area contributed by atoms with Crippen LogP contribution in [0.1, 0.15) is 21.5 Å². The zero-order chi connectivity index (χ0) is 24.1. The molecule has 0 bridgehead atoms. The fourth-order valence-electron chi connectivity index (χ4n) is 3.34. The van der Waals surface area contributed by atoms with Crippen LogP contribution in [0.25, 0.3) is 6.08 Å². The van der Waals surface area contributed by atoms with Crippen LogP contribution in [-0.4, -0.2) is 35.5 Å². The molecular formula is C26H20BrNO5S. The number of methoxy groups -OCH3 is 1. The van der Waals surface area contributed by atoms with Gasteiger partial charge in [0.2, 0.25) is 0 Å². The number of thioether (sulfide) groups is 1. The first-order valence-electron chi connectivity index (χ1n) is 10.3. The molecule has 1 aliphatic heterocycles. The summed E-state index contributed by atoms with van der Waals surface area (Å²) in [6.07, 6.45) is 1.60. The van der Waals surface area contributed by atoms with Crippen LogP contribution < -0.4 is 9.47 Å². The van der Waals surface area contributed by atoms with Crippen LogP contribution in [0, 0.1) is 0 Å². The Hall–Kier alpha value is -3.36. The van der Waals surface area contributed by atoms with Gasteiger partial charge in [0.05, 0.1) is 23.0 Å². The fraction of sp³-hybridized carbons (Fsp3) is 0.115. The monoisotopic (exact) mass is 537 g/mol. The Bertz CT molecular complexity index is 1260. The van der Waals surface area contributed by atoms with E-state index in [0.29, 0.717) is 33.7 Å². The molecule has 0 N–H and O–H groups in total. The largest absolute Gasteiger partial charge is 0.493 e. The quantitative estimate of drug-likeness (QED) is 0.261. The van der Waals surface area contributed by atoms with E-state index < -0.39 is 11.1 Å². The number of carbonyl (C=O) groups is 3. The van der Waals surface area contributed by atoms with Crippen molar-refractivity contribution in [3.05, 3.63) is 98.9 Å². The third kappa shape index (κ3) is 5.40. The fourth-order valence-corrected chi connectivity index (χ4v) is 4.75. The minimum absolute atomic E-state index is 0.234. The SMILES string of the molecule is COc1cc(/C=C2/SC(=O)N(CC(=O)c3ccccc3)C2=O)cc(Br)c1OCc1ccccc1. The number of Topliss-reactive ketones (excluding diaryl/α,β-unsaturated/α-hetero) is 1. The number of benzene rings is 3. The summed E-state index contributed by atoms with van der Waals surface area (Å²) in [6, 6.07) is 21.8. The molecule has 0 spiro atoms. The third-order valence-electron chi connectivity index (χ3n) is 5.05. The van der Waals surface area contributed by atoms with Gasteiger partial charge in [0.1, 0.15) is 6.61 Å². The van der Waals surface area contributed by atoms with Gasteiger partial charge in [-0.1, -0.05) is 60.7 Å². The second-order valence-electron chi connectivity index (χ2n) is 7.37. The van der Waals surface area contributed by atoms with Gasteiger partial charge in [0.15, 0.2) is 17.3 Å². The van der Waals surface area contributed by atoms with Gasteiger partial charge in [-0.2, -0.15) is 0 Å². The van der Waals surface area contributed by atoms with Crippen molar-refractivity contribution in [3.8, 4) is 11.5 Å². The molecule has 1 aliphatic rings. The first-order valence-corrected chi connectivity index (χ1v) is 11.9. The number of rotatable bonds is 8. The van der Waals surface area contributed by atoms with Crippen LogP contribution in [0.2, 0.25) is 0 Å². The minimum atomic E-state index is -0.501. The highest BCUT2D eigenvalue weighted by atomic mass is 79.9. The molecule has 34 heavy (non-hydrogen) atoms. The molecule has 0 unspecified atom stereocenters. The van der Waals surface area contributed by atoms with E-state index in [2.05, 4.69) is 15.9 Å². The molecule has 4 rings (SSSR count). The van der Waals surface area contributed by atoms with Gasteiger partial charge in [-0.3, -0.25) is 19.3 Å². The first-order chi connectivity index (χ1) is 16.5. The summed E-state index contributed by atoms with van der Waals surface area (Å²) >= 11 is 4.32. The summed E-state index contributed by atoms with van der Waals surface area (Å²) in [5, 5.41) is -0.477. The average molecular weight is 538 g/mol. The van der Waals surface area contributed by atoms with E-state index in [0.717, 1.165) is 22.2 Å². The highest BCUT2D eigenvalue weighted by molar-refractivity contribution is 9.10. The molecule has 0 atom stereocenters. The predicted octanol–water partition coefficient (Wildman–Crippen LogP) is 5.96. The Morgan fingerprint density at radius 1 is 1.03 bits per heavy atom. The van der Waals surface area contributed by atoms with Gasteiger partial charge in [-0.05, 0) is 57.0 Å². The summed E-state index contributed by atoms with van der Waals surface area (Å²) in [5.41, 5.74) is 2.11. The summed E-state index contributed by atoms with van der Waals surface area (Å²) in [5.74, 6) is 0.215. The van der Waals surface area contributed by atoms with Crippen molar-refractivity contribution < 1.29 is 23.9 Å². The van der Waals surface area contributed by atoms with Crippen LogP contribution in [0.3, 0.4) is 0 Å². The lowest BCUT2D eigenvalue weighted by molar-refractivity contribution is -0.122. The number of nitrogens with zero attached hydrogens (tertiary/aromatic N) is 1. The zero-order valence-corrected chi connectivity index (χ0v) is 20.6. The second-order valence-corrected chi connectivity index (χ2v) is 9.21. The van der Waals surface area contributed by atoms with E-state index in [4.69, 9.17) is 9.47 Å². The number of imide groups is 1. The maximum Gasteiger partial charge on any atom is 0.293 e. The number of ether oxygens (including phenoxy) is 2. The molecule has 0 saturated carbocycles. The standard InChI is InChI=1S/C26H20BrNO5S/c1-32-22-13-18(12-20(27)24(22)33-16-17-8-4-2-5-9-17)14-23-25(30)28(26(31)34-23)15-21(29)19-10-6-3-7-11-19/h2-14H,15-16H2,1H3/b23-14+. The molecule has 0 aromatic heterocycles. The third-order valence-corrected chi connectivity index (χ3v) is 6.54. The van der Waals surface area contributed by atoms with Gasteiger partial charge in [0.25, 0.3) is 11.1 Å². The Balaban J connectivity index is 1.51. The molecule has 8 heteroatoms. The topological polar surface area (TPSA) is 72.9 Å². The highest BCUT2D eigenvalue weighted by Crippen LogP contribution is 2.39. The van der Waals surface area contributed by atoms with Gasteiger partial charge >= 0.3 is 0 Å². The predicted molar refractivity (Wildman–Crippen MR) is 135 cm³/mol. The summed E-state index contributed by atoms with van der Waals surface area (Å²) in [7, 11) is 1.53. The normalized spacial score (nSPS) is 14.5. The molecule has 1 fully saturated rings. The number of hydrogen-bond acceptors (Lipinski definition) is 6. The average Bonchev–Trinajstić information content (AvgIpc) is 3.11. The smallest absolute Gasteiger partial charge is 0.293 e. The number of halogens is 1. The lowest BCUT2D eigenvalue weighted by atomic mass is 10.1. The van der Waals surface area contributed by atoms with Crippen LogP contribution in [0.4, 0.5) is 4.79 Å². The van der Waals surface area contributed by atoms with E-state index >= 15 is 0 Å². The molecule has 3 aromatic rings. The molecule has 1 heterocycles. The van der Waals surface area contributed by atoms with Crippen LogP contribution in [0.5, 0.6) is 11.5 Å². The van der Waals surface area contributed by atoms with E-state index in [1.165, 1.54) is 7.11 Å². The number of carbonyl (C=O) groups excluding carboxylic acids is 3. The van der Waals surface area contributed by atoms with Crippen molar-refractivity contribution in [1.29, 1.82) is 0 Å². The van der Waals surface area contributed by atoms with Crippen molar-refractivity contribution in [1.82, 2.24) is 4.90 Å². The Morgan fingerprint density at radius 3 is 2.38 bits per heavy atom. The zero-order valence-electron chi connectivity index (χ0n) is 18.2. The van der Waals surface area contributed by atoms with Gasteiger partial charge in [0, 0.05) is 5.56 Å². The van der Waals surface area contributed by atoms with Crippen LogP contribution in [-0.2, 0) is 11.4 Å². The molecule has 172 valence electrons. The lowest BCUT2D eigenvalue weighted by Crippen LogP contribution is -2.33. The number of ketones is 1. The second kappa shape index (κ2) is 10.7. The van der Waals surface area contributed by atoms with Crippen LogP contribution in [0.15, 0.2) is 82.2 Å². The molecule has 0 radical (unpaired) electrons. The Kier molecular flexibility index (Phi) is 7.49. The van der Waals surface area contributed by atoms with Crippen molar-refractivity contribution in [2.75, 3.05) is 13.7 Å². The van der Waals surface area contributed by atoms with Gasteiger partial charge in [-0.25, -0.2) is 0 Å². The van der Waals surface area contributed by atoms with Gasteiger partial charge < -0.3 is 9.47 Å². The van der Waals surface area contributed by atoms with E-state index in [1.807, 2.05) is 30.3 Å². The van der Waals surface area contributed by atoms with Crippen molar-refractivity contribution in [2.45, 2.75) is 6.61 Å². The molecule has 2 amide bonds. The van der Waals surface area contributed by atoms with E-state index in [-0.39, 0.29) is 17.2 Å². The Labute approximate surface area is 209 Å². The molecule has 1 saturated heterocycles. The maximum absolute atomic E-state index is 12.8. The van der Waals surface area contributed by atoms with Gasteiger partial charge in [-0.15, -0.1) is 0 Å². The van der Waals surface area contributed by atoms with Crippen molar-refractivity contribution in [2.24, 2.45) is 0 Å². The summed E-state index contributed by atoms with van der Waals surface area (Å²) < 4.78 is 12.1. The molecule has 6 nitrogen and oxygen atoms in total. The number of amides is 2. The summed E-state index contributed by atoms with van der Waals surface area (Å²) in [6.45, 7) is 0.0643. The maximum atomic E-state index is 12.8. The summed E-state index contributed by atoms with van der Waals surface area (Å²) in [4.78, 5) is 39.0. The van der Waals surface area contributed by atoms with Crippen LogP contribution >= 0.6 is 27.7 Å². The molecule has 3 aromatic carbocycles. The first kappa shape index (κ1) is 23.8. The molecule has 0 aliphatic carbocycles. The van der Waals surface area contributed by atoms with E-state index in [9.17, 15) is 14.4 Å². The number of hydrogen-bond donors (Lipinski definition) is 0. The molecular weight excluding hydrogens is 518 g/mol. The highest BCUT2D eigenvalue weighted by Gasteiger charge is 2.36.